The second kappa shape index (κ2) is 11.1. The Bertz CT molecular complexity index is 743. The number of pyridine rings is 1. The second-order valence-corrected chi connectivity index (χ2v) is 8.67. The molecule has 1 aliphatic heterocycles. The summed E-state index contributed by atoms with van der Waals surface area (Å²) >= 11 is 5.10. The van der Waals surface area contributed by atoms with E-state index in [-0.39, 0.29) is 17.8 Å². The number of likely N-dealkylation sites (tertiary alicyclic amines) is 1. The minimum Gasteiger partial charge on any atom is -0.450 e. The van der Waals surface area contributed by atoms with Gasteiger partial charge in [-0.2, -0.15) is 0 Å². The maximum atomic E-state index is 12.2. The number of rotatable bonds is 5. The van der Waals surface area contributed by atoms with Crippen LogP contribution in [-0.2, 0) is 15.9 Å². The van der Waals surface area contributed by atoms with Crippen LogP contribution in [-0.4, -0.2) is 52.5 Å². The van der Waals surface area contributed by atoms with E-state index in [2.05, 4.69) is 15.6 Å². The van der Waals surface area contributed by atoms with Crippen LogP contribution in [0.3, 0.4) is 0 Å². The highest BCUT2D eigenvalue weighted by Crippen LogP contribution is 2.23. The van der Waals surface area contributed by atoms with Gasteiger partial charge in [0.1, 0.15) is 11.4 Å². The van der Waals surface area contributed by atoms with E-state index in [4.69, 9.17) is 21.7 Å². The molecule has 0 atom stereocenters. The van der Waals surface area contributed by atoms with Gasteiger partial charge in [-0.15, -0.1) is 0 Å². The van der Waals surface area contributed by atoms with E-state index in [1.807, 2.05) is 32.9 Å². The monoisotopic (exact) mass is 436 g/mol. The van der Waals surface area contributed by atoms with E-state index in [0.717, 1.165) is 44.5 Å². The number of nitrogens with one attached hydrogen (secondary N) is 2. The van der Waals surface area contributed by atoms with Crippen molar-refractivity contribution < 1.29 is 19.1 Å². The molecule has 1 aliphatic rings. The van der Waals surface area contributed by atoms with Gasteiger partial charge in [-0.3, -0.25) is 5.32 Å². The molecule has 2 amide bonds. The van der Waals surface area contributed by atoms with Crippen molar-refractivity contribution in [2.75, 3.05) is 25.0 Å². The molecule has 30 heavy (non-hydrogen) atoms. The highest BCUT2D eigenvalue weighted by molar-refractivity contribution is 7.80. The van der Waals surface area contributed by atoms with Crippen molar-refractivity contribution in [3.8, 4) is 0 Å². The van der Waals surface area contributed by atoms with Crippen molar-refractivity contribution in [1.29, 1.82) is 0 Å². The minimum absolute atomic E-state index is 0.146. The smallest absolute Gasteiger partial charge is 0.413 e. The number of nitrogens with zero attached hydrogens (tertiary/aromatic N) is 2. The average molecular weight is 437 g/mol. The molecule has 0 spiro atoms. The van der Waals surface area contributed by atoms with Crippen molar-refractivity contribution in [2.45, 2.75) is 59.0 Å². The molecule has 0 radical (unpaired) electrons. The Hall–Kier alpha value is -2.42. The van der Waals surface area contributed by atoms with Crippen molar-refractivity contribution >= 4 is 35.3 Å². The molecule has 2 N–H and O–H groups in total. The number of hydrogen-bond donors (Lipinski definition) is 2. The number of carbonyl (C=O) groups is 2. The Kier molecular flexibility index (Phi) is 8.83. The Morgan fingerprint density at radius 2 is 1.97 bits per heavy atom. The molecule has 9 heteroatoms. The van der Waals surface area contributed by atoms with Crippen molar-refractivity contribution in [1.82, 2.24) is 15.2 Å². The van der Waals surface area contributed by atoms with E-state index in [0.29, 0.717) is 11.7 Å². The summed E-state index contributed by atoms with van der Waals surface area (Å²) in [5, 5.41) is 5.48. The summed E-state index contributed by atoms with van der Waals surface area (Å²) in [7, 11) is 0. The number of anilines is 1. The maximum Gasteiger partial charge on any atom is 0.413 e. The van der Waals surface area contributed by atoms with Crippen LogP contribution >= 0.6 is 12.2 Å². The van der Waals surface area contributed by atoms with Crippen LogP contribution in [0, 0.1) is 5.92 Å². The van der Waals surface area contributed by atoms with Gasteiger partial charge in [0.2, 0.25) is 0 Å². The van der Waals surface area contributed by atoms with Crippen LogP contribution in [0.2, 0.25) is 0 Å². The molecule has 8 nitrogen and oxygen atoms in total. The molecule has 2 heterocycles. The minimum atomic E-state index is -0.594. The summed E-state index contributed by atoms with van der Waals surface area (Å²) < 4.78 is 10.2. The van der Waals surface area contributed by atoms with Gasteiger partial charge in [0.25, 0.3) is 0 Å². The number of thiocarbonyl (C=S) groups is 1. The summed E-state index contributed by atoms with van der Waals surface area (Å²) in [6.07, 6.45) is 2.95. The molecular formula is C21H32N4O4S. The molecule has 1 aromatic rings. The highest BCUT2D eigenvalue weighted by Gasteiger charge is 2.26. The van der Waals surface area contributed by atoms with E-state index in [1.54, 1.807) is 17.9 Å². The van der Waals surface area contributed by atoms with Crippen molar-refractivity contribution in [3.05, 3.63) is 23.9 Å². The summed E-state index contributed by atoms with van der Waals surface area (Å²) in [5.41, 5.74) is 0.487. The van der Waals surface area contributed by atoms with Gasteiger partial charge in [-0.25, -0.2) is 14.6 Å². The highest BCUT2D eigenvalue weighted by atomic mass is 32.1. The van der Waals surface area contributed by atoms with E-state index in [9.17, 15) is 9.59 Å². The number of aromatic nitrogens is 1. The third kappa shape index (κ3) is 8.52. The summed E-state index contributed by atoms with van der Waals surface area (Å²) in [5.74, 6) is 1.13. The third-order valence-electron chi connectivity index (χ3n) is 4.61. The fraction of sp³-hybridized carbons (Fsp3) is 0.619. The second-order valence-electron chi connectivity index (χ2n) is 8.26. The number of hydrogen-bond acceptors (Lipinski definition) is 6. The molecule has 0 saturated carbocycles. The molecule has 2 rings (SSSR count). The number of ether oxygens (including phenoxy) is 2. The van der Waals surface area contributed by atoms with E-state index in [1.165, 1.54) is 0 Å². The first-order chi connectivity index (χ1) is 14.2. The molecule has 1 aromatic heterocycles. The zero-order chi connectivity index (χ0) is 22.1. The van der Waals surface area contributed by atoms with Gasteiger partial charge in [0, 0.05) is 18.8 Å². The van der Waals surface area contributed by atoms with Crippen LogP contribution in [0.25, 0.3) is 0 Å². The molecule has 0 unspecified atom stereocenters. The molecular weight excluding hydrogens is 404 g/mol. The molecule has 1 fully saturated rings. The Morgan fingerprint density at radius 1 is 1.27 bits per heavy atom. The lowest BCUT2D eigenvalue weighted by Gasteiger charge is -2.33. The van der Waals surface area contributed by atoms with Crippen LogP contribution in [0.4, 0.5) is 15.4 Å². The molecule has 0 aromatic carbocycles. The Morgan fingerprint density at radius 3 is 2.60 bits per heavy atom. The SMILES string of the molecule is CCOC(=O)NC(=S)Nc1cccc(CCC2CCN(C(=O)OC(C)(C)C)CC2)n1. The normalized spacial score (nSPS) is 14.7. The van der Waals surface area contributed by atoms with Gasteiger partial charge in [0.15, 0.2) is 5.11 Å². The van der Waals surface area contributed by atoms with Gasteiger partial charge in [0.05, 0.1) is 6.61 Å². The first-order valence-electron chi connectivity index (χ1n) is 10.3. The lowest BCUT2D eigenvalue weighted by atomic mass is 9.91. The van der Waals surface area contributed by atoms with E-state index < -0.39 is 11.7 Å². The molecule has 0 aliphatic carbocycles. The van der Waals surface area contributed by atoms with Gasteiger partial charge in [-0.1, -0.05) is 6.07 Å². The number of amides is 2. The average Bonchev–Trinajstić information content (AvgIpc) is 2.65. The van der Waals surface area contributed by atoms with Crippen LogP contribution < -0.4 is 10.6 Å². The number of piperidine rings is 1. The van der Waals surface area contributed by atoms with Gasteiger partial charge in [-0.05, 0) is 83.6 Å². The lowest BCUT2D eigenvalue weighted by molar-refractivity contribution is 0.0181. The summed E-state index contributed by atoms with van der Waals surface area (Å²) in [4.78, 5) is 29.9. The van der Waals surface area contributed by atoms with Gasteiger partial charge < -0.3 is 19.7 Å². The quantitative estimate of drug-likeness (QED) is 0.671. The lowest BCUT2D eigenvalue weighted by Crippen LogP contribution is -2.41. The standard InChI is InChI=1S/C21H32N4O4S/c1-5-28-19(26)24-18(30)23-17-8-6-7-16(22-17)10-9-15-11-13-25(14-12-15)20(27)29-21(2,3)4/h6-8,15H,5,9-14H2,1-4H3,(H2,22,23,24,26,30). The number of alkyl carbamates (subject to hydrolysis) is 1. The van der Waals surface area contributed by atoms with Crippen molar-refractivity contribution in [2.24, 2.45) is 5.92 Å². The first kappa shape index (κ1) is 23.9. The van der Waals surface area contributed by atoms with Crippen molar-refractivity contribution in [3.63, 3.8) is 0 Å². The van der Waals surface area contributed by atoms with Crippen LogP contribution in [0.5, 0.6) is 0 Å². The Balaban J connectivity index is 1.77. The van der Waals surface area contributed by atoms with Crippen LogP contribution in [0.1, 0.15) is 52.7 Å². The zero-order valence-corrected chi connectivity index (χ0v) is 19.0. The third-order valence-corrected chi connectivity index (χ3v) is 4.82. The summed E-state index contributed by atoms with van der Waals surface area (Å²) in [6, 6.07) is 5.67. The topological polar surface area (TPSA) is 92.8 Å². The number of carbonyl (C=O) groups excluding carboxylic acids is 2. The zero-order valence-electron chi connectivity index (χ0n) is 18.2. The van der Waals surface area contributed by atoms with Gasteiger partial charge >= 0.3 is 12.2 Å². The summed E-state index contributed by atoms with van der Waals surface area (Å²) in [6.45, 7) is 9.10. The molecule has 166 valence electrons. The predicted octanol–water partition coefficient (Wildman–Crippen LogP) is 4.10. The fourth-order valence-corrected chi connectivity index (χ4v) is 3.37. The molecule has 0 bridgehead atoms. The largest absolute Gasteiger partial charge is 0.450 e. The predicted molar refractivity (Wildman–Crippen MR) is 119 cm³/mol. The Labute approximate surface area is 183 Å². The van der Waals surface area contributed by atoms with E-state index >= 15 is 0 Å². The fourth-order valence-electron chi connectivity index (χ4n) is 3.18. The number of aryl methyl sites for hydroxylation is 1. The molecule has 1 saturated heterocycles. The van der Waals surface area contributed by atoms with Crippen LogP contribution in [0.15, 0.2) is 18.2 Å². The first-order valence-corrected chi connectivity index (χ1v) is 10.8. The maximum absolute atomic E-state index is 12.2.